The number of carbonyl (C=O) groups excluding carboxylic acids is 1. The molecule has 0 atom stereocenters. The summed E-state index contributed by atoms with van der Waals surface area (Å²) < 4.78 is 34.0. The number of carbonyl (C=O) groups is 1. The fourth-order valence-electron chi connectivity index (χ4n) is 3.89. The van der Waals surface area contributed by atoms with Gasteiger partial charge in [0, 0.05) is 19.6 Å². The van der Waals surface area contributed by atoms with E-state index in [0.717, 1.165) is 16.7 Å². The van der Waals surface area contributed by atoms with Gasteiger partial charge in [-0.25, -0.2) is 8.42 Å². The van der Waals surface area contributed by atoms with E-state index in [1.165, 1.54) is 4.31 Å². The van der Waals surface area contributed by atoms with Crippen molar-refractivity contribution >= 4 is 15.9 Å². The zero-order valence-electron chi connectivity index (χ0n) is 18.1. The number of benzene rings is 2. The molecule has 162 valence electrons. The molecule has 1 fully saturated rings. The van der Waals surface area contributed by atoms with Crippen LogP contribution in [0.15, 0.2) is 41.3 Å². The highest BCUT2D eigenvalue weighted by atomic mass is 32.2. The van der Waals surface area contributed by atoms with E-state index in [1.807, 2.05) is 50.2 Å². The molecule has 0 spiro atoms. The van der Waals surface area contributed by atoms with Gasteiger partial charge in [-0.1, -0.05) is 47.5 Å². The van der Waals surface area contributed by atoms with E-state index in [0.29, 0.717) is 37.4 Å². The molecule has 3 rings (SSSR count). The van der Waals surface area contributed by atoms with Gasteiger partial charge in [-0.05, 0) is 44.4 Å². The summed E-state index contributed by atoms with van der Waals surface area (Å²) in [6.07, 6.45) is 0. The van der Waals surface area contributed by atoms with E-state index >= 15 is 0 Å². The molecule has 30 heavy (non-hydrogen) atoms. The standard InChI is InChI=1S/C23H30N2O4S/c1-17-5-7-21(8-6-17)15-25(16-22(26)24-9-11-29-12-10-24)30(27,28)23-19(3)13-18(2)14-20(23)4/h5-8,13-14H,9-12,15-16H2,1-4H3. The summed E-state index contributed by atoms with van der Waals surface area (Å²) in [5, 5.41) is 0. The molecule has 0 aromatic heterocycles. The van der Waals surface area contributed by atoms with Crippen LogP contribution >= 0.6 is 0 Å². The summed E-state index contributed by atoms with van der Waals surface area (Å²) in [5.41, 5.74) is 4.35. The minimum Gasteiger partial charge on any atom is -0.378 e. The third-order valence-electron chi connectivity index (χ3n) is 5.36. The summed E-state index contributed by atoms with van der Waals surface area (Å²) in [6.45, 7) is 9.43. The van der Waals surface area contributed by atoms with Gasteiger partial charge in [-0.3, -0.25) is 4.79 Å². The van der Waals surface area contributed by atoms with Crippen LogP contribution in [0.2, 0.25) is 0 Å². The van der Waals surface area contributed by atoms with Crippen molar-refractivity contribution in [1.82, 2.24) is 9.21 Å². The van der Waals surface area contributed by atoms with Crippen LogP contribution in [0.25, 0.3) is 0 Å². The van der Waals surface area contributed by atoms with E-state index in [2.05, 4.69) is 0 Å². The number of sulfonamides is 1. The maximum atomic E-state index is 13.7. The normalized spacial score (nSPS) is 14.9. The zero-order chi connectivity index (χ0) is 21.9. The van der Waals surface area contributed by atoms with Crippen LogP contribution < -0.4 is 0 Å². The van der Waals surface area contributed by atoms with Gasteiger partial charge in [0.25, 0.3) is 0 Å². The Morgan fingerprint density at radius 1 is 0.967 bits per heavy atom. The first-order valence-electron chi connectivity index (χ1n) is 10.2. The minimum atomic E-state index is -3.87. The van der Waals surface area contributed by atoms with Crippen molar-refractivity contribution in [3.63, 3.8) is 0 Å². The molecule has 0 bridgehead atoms. The molecule has 1 saturated heterocycles. The van der Waals surface area contributed by atoms with Crippen molar-refractivity contribution < 1.29 is 17.9 Å². The molecule has 1 heterocycles. The van der Waals surface area contributed by atoms with Crippen molar-refractivity contribution in [1.29, 1.82) is 0 Å². The van der Waals surface area contributed by atoms with E-state index < -0.39 is 10.0 Å². The Kier molecular flexibility index (Phi) is 6.95. The zero-order valence-corrected chi connectivity index (χ0v) is 19.0. The van der Waals surface area contributed by atoms with E-state index in [4.69, 9.17) is 4.74 Å². The maximum absolute atomic E-state index is 13.7. The highest BCUT2D eigenvalue weighted by molar-refractivity contribution is 7.89. The molecule has 2 aromatic rings. The fourth-order valence-corrected chi connectivity index (χ4v) is 5.68. The van der Waals surface area contributed by atoms with Crippen LogP contribution in [0.3, 0.4) is 0 Å². The van der Waals surface area contributed by atoms with Gasteiger partial charge in [0.15, 0.2) is 0 Å². The van der Waals surface area contributed by atoms with Crippen LogP contribution in [-0.2, 0) is 26.1 Å². The number of morpholine rings is 1. The number of hydrogen-bond donors (Lipinski definition) is 0. The summed E-state index contributed by atoms with van der Waals surface area (Å²) in [5.74, 6) is -0.198. The van der Waals surface area contributed by atoms with Crippen LogP contribution in [0.4, 0.5) is 0 Å². The number of nitrogens with zero attached hydrogens (tertiary/aromatic N) is 2. The van der Waals surface area contributed by atoms with Gasteiger partial charge in [-0.2, -0.15) is 4.31 Å². The lowest BCUT2D eigenvalue weighted by molar-refractivity contribution is -0.135. The van der Waals surface area contributed by atoms with Crippen LogP contribution in [0, 0.1) is 27.7 Å². The van der Waals surface area contributed by atoms with Crippen LogP contribution in [0.1, 0.15) is 27.8 Å². The van der Waals surface area contributed by atoms with Gasteiger partial charge in [0.1, 0.15) is 0 Å². The second-order valence-corrected chi connectivity index (χ2v) is 9.85. The highest BCUT2D eigenvalue weighted by Crippen LogP contribution is 2.26. The Morgan fingerprint density at radius 2 is 1.53 bits per heavy atom. The van der Waals surface area contributed by atoms with Crippen LogP contribution in [-0.4, -0.2) is 56.4 Å². The molecule has 0 unspecified atom stereocenters. The largest absolute Gasteiger partial charge is 0.378 e. The first-order valence-corrected chi connectivity index (χ1v) is 11.6. The Labute approximate surface area is 179 Å². The lowest BCUT2D eigenvalue weighted by Gasteiger charge is -2.30. The Bertz CT molecular complexity index is 987. The average Bonchev–Trinajstić information content (AvgIpc) is 2.68. The maximum Gasteiger partial charge on any atom is 0.244 e. The second kappa shape index (κ2) is 9.29. The molecule has 2 aromatic carbocycles. The lowest BCUT2D eigenvalue weighted by atomic mass is 10.1. The van der Waals surface area contributed by atoms with Gasteiger partial charge in [0.2, 0.25) is 15.9 Å². The monoisotopic (exact) mass is 430 g/mol. The van der Waals surface area contributed by atoms with Gasteiger partial charge in [0.05, 0.1) is 24.7 Å². The topological polar surface area (TPSA) is 66.9 Å². The lowest BCUT2D eigenvalue weighted by Crippen LogP contribution is -2.47. The van der Waals surface area contributed by atoms with E-state index in [9.17, 15) is 13.2 Å². The average molecular weight is 431 g/mol. The predicted octanol–water partition coefficient (Wildman–Crippen LogP) is 2.97. The summed E-state index contributed by atoms with van der Waals surface area (Å²) >= 11 is 0. The summed E-state index contributed by atoms with van der Waals surface area (Å²) in [4.78, 5) is 14.9. The second-order valence-electron chi connectivity index (χ2n) is 7.98. The van der Waals surface area contributed by atoms with Crippen molar-refractivity contribution in [3.8, 4) is 0 Å². The number of ether oxygens (including phenoxy) is 1. The number of amides is 1. The first kappa shape index (κ1) is 22.5. The highest BCUT2D eigenvalue weighted by Gasteiger charge is 2.31. The Morgan fingerprint density at radius 3 is 2.10 bits per heavy atom. The van der Waals surface area contributed by atoms with Crippen molar-refractivity contribution in [2.75, 3.05) is 32.8 Å². The third-order valence-corrected chi connectivity index (χ3v) is 7.46. The van der Waals surface area contributed by atoms with Crippen LogP contribution in [0.5, 0.6) is 0 Å². The molecular weight excluding hydrogens is 400 g/mol. The fraction of sp³-hybridized carbons (Fsp3) is 0.435. The van der Waals surface area contributed by atoms with E-state index in [1.54, 1.807) is 18.7 Å². The summed E-state index contributed by atoms with van der Waals surface area (Å²) in [7, 11) is -3.87. The third kappa shape index (κ3) is 5.09. The molecule has 1 aliphatic rings. The Balaban J connectivity index is 1.97. The van der Waals surface area contributed by atoms with Crippen molar-refractivity contribution in [3.05, 3.63) is 64.2 Å². The minimum absolute atomic E-state index is 0.144. The summed E-state index contributed by atoms with van der Waals surface area (Å²) in [6, 6.07) is 11.5. The van der Waals surface area contributed by atoms with Gasteiger partial charge in [-0.15, -0.1) is 0 Å². The number of aryl methyl sites for hydroxylation is 4. The van der Waals surface area contributed by atoms with Gasteiger partial charge < -0.3 is 9.64 Å². The molecular formula is C23H30N2O4S. The SMILES string of the molecule is Cc1ccc(CN(CC(=O)N2CCOCC2)S(=O)(=O)c2c(C)cc(C)cc2C)cc1. The molecule has 1 aliphatic heterocycles. The van der Waals surface area contributed by atoms with E-state index in [-0.39, 0.29) is 23.9 Å². The van der Waals surface area contributed by atoms with Gasteiger partial charge >= 0.3 is 0 Å². The molecule has 1 amide bonds. The smallest absolute Gasteiger partial charge is 0.244 e. The molecule has 0 radical (unpaired) electrons. The molecule has 6 nitrogen and oxygen atoms in total. The van der Waals surface area contributed by atoms with Crippen molar-refractivity contribution in [2.45, 2.75) is 39.1 Å². The molecule has 7 heteroatoms. The number of rotatable bonds is 6. The predicted molar refractivity (Wildman–Crippen MR) is 117 cm³/mol. The quantitative estimate of drug-likeness (QED) is 0.707. The van der Waals surface area contributed by atoms with Crippen molar-refractivity contribution in [2.24, 2.45) is 0 Å². The molecule has 0 N–H and O–H groups in total. The Hall–Kier alpha value is -2.22. The first-order chi connectivity index (χ1) is 14.2. The molecule has 0 saturated carbocycles. The number of hydrogen-bond acceptors (Lipinski definition) is 4. The molecule has 0 aliphatic carbocycles.